The molecule has 1 aromatic heterocycles. The van der Waals surface area contributed by atoms with E-state index in [0.29, 0.717) is 39.4 Å². The molecule has 0 aliphatic heterocycles. The number of hydrogen-bond acceptors (Lipinski definition) is 8. The Kier molecular flexibility index (Phi) is 6.65. The molecule has 8 nitrogen and oxygen atoms in total. The summed E-state index contributed by atoms with van der Waals surface area (Å²) in [6, 6.07) is 10.7. The van der Waals surface area contributed by atoms with Crippen LogP contribution in [-0.2, 0) is 0 Å². The van der Waals surface area contributed by atoms with Crippen LogP contribution >= 0.6 is 27.7 Å². The molecule has 0 fully saturated rings. The summed E-state index contributed by atoms with van der Waals surface area (Å²) < 4.78 is 18.2. The van der Waals surface area contributed by atoms with E-state index in [2.05, 4.69) is 26.1 Å². The SMILES string of the molecule is COc1cc(-c2nnc(SCC(=O)c3cccc(Br)c3)n2N)cc(OC)c1OC. The first-order chi connectivity index (χ1) is 14.0. The molecule has 0 atom stereocenters. The number of rotatable bonds is 8. The molecule has 10 heteroatoms. The molecule has 3 rings (SSSR count). The zero-order valence-corrected chi connectivity index (χ0v) is 18.4. The maximum atomic E-state index is 12.4. The van der Waals surface area contributed by atoms with Gasteiger partial charge in [-0.1, -0.05) is 39.8 Å². The second kappa shape index (κ2) is 9.19. The number of aromatic nitrogens is 3. The maximum absolute atomic E-state index is 12.4. The van der Waals surface area contributed by atoms with Gasteiger partial charge in [-0.15, -0.1) is 10.2 Å². The van der Waals surface area contributed by atoms with Crippen LogP contribution in [0, 0.1) is 0 Å². The molecule has 1 heterocycles. The third-order valence-corrected chi connectivity index (χ3v) is 5.50. The summed E-state index contributed by atoms with van der Waals surface area (Å²) in [5, 5.41) is 8.67. The highest BCUT2D eigenvalue weighted by Gasteiger charge is 2.19. The molecule has 0 spiro atoms. The molecule has 0 saturated carbocycles. The van der Waals surface area contributed by atoms with Crippen LogP contribution in [0.2, 0.25) is 0 Å². The lowest BCUT2D eigenvalue weighted by Crippen LogP contribution is -2.13. The molecular weight excluding hydrogens is 460 g/mol. The number of nitrogen functional groups attached to an aromatic ring is 1. The molecule has 0 unspecified atom stereocenters. The Morgan fingerprint density at radius 2 is 1.79 bits per heavy atom. The van der Waals surface area contributed by atoms with Crippen molar-refractivity contribution in [3.8, 4) is 28.6 Å². The number of benzene rings is 2. The van der Waals surface area contributed by atoms with Crippen molar-refractivity contribution in [2.24, 2.45) is 0 Å². The predicted octanol–water partition coefficient (Wildman–Crippen LogP) is 3.42. The van der Waals surface area contributed by atoms with Gasteiger partial charge >= 0.3 is 0 Å². The summed E-state index contributed by atoms with van der Waals surface area (Å²) in [6.45, 7) is 0. The number of carbonyl (C=O) groups is 1. The Bertz CT molecular complexity index is 1020. The maximum Gasteiger partial charge on any atom is 0.210 e. The highest BCUT2D eigenvalue weighted by Crippen LogP contribution is 2.40. The van der Waals surface area contributed by atoms with E-state index in [-0.39, 0.29) is 11.5 Å². The largest absolute Gasteiger partial charge is 0.493 e. The number of methoxy groups -OCH3 is 3. The number of ether oxygens (including phenoxy) is 3. The summed E-state index contributed by atoms with van der Waals surface area (Å²) in [5.41, 5.74) is 1.25. The molecule has 29 heavy (non-hydrogen) atoms. The molecule has 0 radical (unpaired) electrons. The van der Waals surface area contributed by atoms with Crippen molar-refractivity contribution in [1.29, 1.82) is 0 Å². The van der Waals surface area contributed by atoms with Crippen molar-refractivity contribution in [1.82, 2.24) is 14.9 Å². The number of ketones is 1. The van der Waals surface area contributed by atoms with Gasteiger partial charge in [-0.3, -0.25) is 4.79 Å². The van der Waals surface area contributed by atoms with Gasteiger partial charge in [-0.25, -0.2) is 4.68 Å². The summed E-state index contributed by atoms with van der Waals surface area (Å²) in [6.07, 6.45) is 0. The summed E-state index contributed by atoms with van der Waals surface area (Å²) in [4.78, 5) is 12.4. The molecule has 0 bridgehead atoms. The highest BCUT2D eigenvalue weighted by molar-refractivity contribution is 9.10. The van der Waals surface area contributed by atoms with Gasteiger partial charge in [0.15, 0.2) is 23.1 Å². The number of carbonyl (C=O) groups excluding carboxylic acids is 1. The molecule has 2 aromatic carbocycles. The molecule has 152 valence electrons. The number of nitrogens with two attached hydrogens (primary N) is 1. The first-order valence-electron chi connectivity index (χ1n) is 8.41. The lowest BCUT2D eigenvalue weighted by Gasteiger charge is -2.13. The minimum atomic E-state index is -0.0337. The van der Waals surface area contributed by atoms with Crippen LogP contribution in [0.1, 0.15) is 10.4 Å². The Balaban J connectivity index is 1.83. The van der Waals surface area contributed by atoms with E-state index in [0.717, 1.165) is 4.47 Å². The first-order valence-corrected chi connectivity index (χ1v) is 10.2. The topological polar surface area (TPSA) is 101 Å². The second-order valence-corrected chi connectivity index (χ2v) is 7.67. The minimum Gasteiger partial charge on any atom is -0.493 e. The van der Waals surface area contributed by atoms with Gasteiger partial charge in [0.05, 0.1) is 27.1 Å². The van der Waals surface area contributed by atoms with Crippen molar-refractivity contribution < 1.29 is 19.0 Å². The Hall–Kier alpha value is -2.72. The first kappa shape index (κ1) is 21.0. The minimum absolute atomic E-state index is 0.0337. The van der Waals surface area contributed by atoms with E-state index in [9.17, 15) is 4.79 Å². The van der Waals surface area contributed by atoms with Crippen molar-refractivity contribution >= 4 is 33.5 Å². The smallest absolute Gasteiger partial charge is 0.210 e. The van der Waals surface area contributed by atoms with Crippen LogP contribution < -0.4 is 20.1 Å². The number of nitrogens with zero attached hydrogens (tertiary/aromatic N) is 3. The average molecular weight is 479 g/mol. The van der Waals surface area contributed by atoms with Crippen LogP contribution in [0.5, 0.6) is 17.2 Å². The van der Waals surface area contributed by atoms with E-state index in [1.807, 2.05) is 12.1 Å². The predicted molar refractivity (Wildman–Crippen MR) is 114 cm³/mol. The second-order valence-electron chi connectivity index (χ2n) is 5.81. The van der Waals surface area contributed by atoms with Crippen LogP contribution in [0.15, 0.2) is 46.0 Å². The van der Waals surface area contributed by atoms with E-state index >= 15 is 0 Å². The summed E-state index contributed by atoms with van der Waals surface area (Å²) in [7, 11) is 4.59. The number of thioether (sulfide) groups is 1. The van der Waals surface area contributed by atoms with Gasteiger partial charge in [-0.05, 0) is 24.3 Å². The van der Waals surface area contributed by atoms with Crippen LogP contribution in [-0.4, -0.2) is 47.7 Å². The fourth-order valence-corrected chi connectivity index (χ4v) is 3.81. The van der Waals surface area contributed by atoms with E-state index in [1.54, 1.807) is 24.3 Å². The molecule has 0 aliphatic rings. The average Bonchev–Trinajstić information content (AvgIpc) is 3.11. The van der Waals surface area contributed by atoms with Crippen molar-refractivity contribution in [2.45, 2.75) is 5.16 Å². The third kappa shape index (κ3) is 4.48. The third-order valence-electron chi connectivity index (χ3n) is 4.07. The number of halogens is 1. The number of hydrogen-bond donors (Lipinski definition) is 1. The molecule has 0 saturated heterocycles. The lowest BCUT2D eigenvalue weighted by molar-refractivity contribution is 0.102. The van der Waals surface area contributed by atoms with Gasteiger partial charge in [0.1, 0.15) is 0 Å². The summed E-state index contributed by atoms with van der Waals surface area (Å²) >= 11 is 4.58. The quantitative estimate of drug-likeness (QED) is 0.298. The van der Waals surface area contributed by atoms with E-state index in [1.165, 1.54) is 37.8 Å². The lowest BCUT2D eigenvalue weighted by atomic mass is 10.1. The Morgan fingerprint density at radius 3 is 2.38 bits per heavy atom. The number of Topliss-reactive ketones (excluding diaryl/α,β-unsaturated/α-hetero) is 1. The molecular formula is C19H19BrN4O4S. The molecule has 0 amide bonds. The fraction of sp³-hybridized carbons (Fsp3) is 0.211. The van der Waals surface area contributed by atoms with Gasteiger partial charge in [0.25, 0.3) is 0 Å². The molecule has 0 aliphatic carbocycles. The van der Waals surface area contributed by atoms with E-state index in [4.69, 9.17) is 20.1 Å². The van der Waals surface area contributed by atoms with Crippen molar-refractivity contribution in [3.05, 3.63) is 46.4 Å². The van der Waals surface area contributed by atoms with Crippen molar-refractivity contribution in [3.63, 3.8) is 0 Å². The Morgan fingerprint density at radius 1 is 1.10 bits per heavy atom. The highest BCUT2D eigenvalue weighted by atomic mass is 79.9. The zero-order valence-electron chi connectivity index (χ0n) is 16.0. The zero-order chi connectivity index (χ0) is 21.0. The van der Waals surface area contributed by atoms with Crippen LogP contribution in [0.25, 0.3) is 11.4 Å². The van der Waals surface area contributed by atoms with Gasteiger partial charge in [0, 0.05) is 15.6 Å². The fourth-order valence-electron chi connectivity index (χ4n) is 2.66. The van der Waals surface area contributed by atoms with Crippen LogP contribution in [0.3, 0.4) is 0 Å². The monoisotopic (exact) mass is 478 g/mol. The van der Waals surface area contributed by atoms with Gasteiger partial charge < -0.3 is 20.1 Å². The summed E-state index contributed by atoms with van der Waals surface area (Å²) in [5.74, 6) is 8.15. The van der Waals surface area contributed by atoms with Gasteiger partial charge in [0.2, 0.25) is 10.9 Å². The Labute approximate surface area is 180 Å². The molecule has 3 aromatic rings. The van der Waals surface area contributed by atoms with Gasteiger partial charge in [-0.2, -0.15) is 0 Å². The standard InChI is InChI=1S/C19H19BrN4O4S/c1-26-15-8-12(9-16(27-2)17(15)28-3)18-22-23-19(24(18)21)29-10-14(25)11-5-4-6-13(20)7-11/h4-9H,10,21H2,1-3H3. The van der Waals surface area contributed by atoms with Crippen molar-refractivity contribution in [2.75, 3.05) is 32.9 Å². The van der Waals surface area contributed by atoms with E-state index < -0.39 is 0 Å². The normalized spacial score (nSPS) is 10.6. The molecule has 2 N–H and O–H groups in total. The van der Waals surface area contributed by atoms with Crippen LogP contribution in [0.4, 0.5) is 0 Å².